The van der Waals surface area contributed by atoms with E-state index >= 15 is 0 Å². The molecule has 0 unspecified atom stereocenters. The van der Waals surface area contributed by atoms with Gasteiger partial charge >= 0.3 is 5.97 Å². The molecule has 6 heteroatoms. The van der Waals surface area contributed by atoms with Crippen molar-refractivity contribution in [3.63, 3.8) is 0 Å². The van der Waals surface area contributed by atoms with Crippen molar-refractivity contribution in [3.8, 4) is 0 Å². The first-order valence-electron chi connectivity index (χ1n) is 15.5. The van der Waals surface area contributed by atoms with Crippen LogP contribution in [0.1, 0.15) is 93.9 Å². The molecule has 216 valence electrons. The second-order valence-electron chi connectivity index (χ2n) is 15.7. The standard InChI is InChI=1S/C32H52O6/c1-15(2)17(4)29(6)14-22(29)16(3)20-9-10-21-23-24(26(36)27(31(20,21)8)37-18(5)33)30(7)12-11-19(34)13-32(30)28(38-32)25(23)35/h15-17,19-28,34-36H,9-14H2,1-8H3/t16-,17+,19-,20+,21-,22+,23-,24+,25-,26-,27+,28-,29+,30+,31+,32-/m0/s1. The first kappa shape index (κ1) is 27.5. The van der Waals surface area contributed by atoms with Crippen LogP contribution in [0.4, 0.5) is 0 Å². The lowest BCUT2D eigenvalue weighted by Gasteiger charge is -2.63. The summed E-state index contributed by atoms with van der Waals surface area (Å²) in [7, 11) is 0. The highest BCUT2D eigenvalue weighted by Gasteiger charge is 2.82. The zero-order valence-corrected chi connectivity index (χ0v) is 24.8. The molecule has 1 saturated heterocycles. The predicted molar refractivity (Wildman–Crippen MR) is 144 cm³/mol. The van der Waals surface area contributed by atoms with E-state index < -0.39 is 35.4 Å². The molecule has 0 aromatic heterocycles. The van der Waals surface area contributed by atoms with Gasteiger partial charge in [-0.3, -0.25) is 4.79 Å². The Bertz CT molecular complexity index is 983. The molecule has 0 aromatic carbocycles. The third kappa shape index (κ3) is 3.30. The summed E-state index contributed by atoms with van der Waals surface area (Å²) in [6.07, 6.45) is 2.34. The van der Waals surface area contributed by atoms with E-state index in [0.717, 1.165) is 19.3 Å². The second kappa shape index (κ2) is 8.42. The van der Waals surface area contributed by atoms with Crippen molar-refractivity contribution in [2.75, 3.05) is 0 Å². The van der Waals surface area contributed by atoms with Crippen molar-refractivity contribution in [2.24, 2.45) is 63.6 Å². The van der Waals surface area contributed by atoms with E-state index in [1.54, 1.807) is 0 Å². The van der Waals surface area contributed by atoms with Crippen LogP contribution in [0.15, 0.2) is 0 Å². The predicted octanol–water partition coefficient (Wildman–Crippen LogP) is 4.58. The average Bonchev–Trinajstić information content (AvgIpc) is 3.71. The number of epoxide rings is 1. The summed E-state index contributed by atoms with van der Waals surface area (Å²) >= 11 is 0. The number of hydrogen-bond acceptors (Lipinski definition) is 6. The Morgan fingerprint density at radius 1 is 0.947 bits per heavy atom. The number of carbonyl (C=O) groups is 1. The molecule has 6 rings (SSSR count). The molecule has 16 atom stereocenters. The number of aliphatic hydroxyl groups is 3. The van der Waals surface area contributed by atoms with Gasteiger partial charge in [0.25, 0.3) is 0 Å². The highest BCUT2D eigenvalue weighted by atomic mass is 16.6. The summed E-state index contributed by atoms with van der Waals surface area (Å²) in [6.45, 7) is 17.8. The van der Waals surface area contributed by atoms with Gasteiger partial charge in [-0.1, -0.05) is 48.5 Å². The van der Waals surface area contributed by atoms with Crippen LogP contribution in [0.25, 0.3) is 0 Å². The molecule has 0 bridgehead atoms. The van der Waals surface area contributed by atoms with E-state index in [1.165, 1.54) is 13.3 Å². The van der Waals surface area contributed by atoms with E-state index in [1.807, 2.05) is 0 Å². The van der Waals surface area contributed by atoms with Crippen LogP contribution >= 0.6 is 0 Å². The van der Waals surface area contributed by atoms with Crippen LogP contribution in [0.2, 0.25) is 0 Å². The summed E-state index contributed by atoms with van der Waals surface area (Å²) in [6, 6.07) is 0. The van der Waals surface area contributed by atoms with Crippen molar-refractivity contribution in [1.82, 2.24) is 0 Å². The van der Waals surface area contributed by atoms with Crippen LogP contribution in [0.5, 0.6) is 0 Å². The minimum atomic E-state index is -0.866. The number of ether oxygens (including phenoxy) is 2. The number of fused-ring (bicyclic) bond motifs is 4. The van der Waals surface area contributed by atoms with Gasteiger partial charge < -0.3 is 24.8 Å². The Morgan fingerprint density at radius 3 is 2.26 bits per heavy atom. The van der Waals surface area contributed by atoms with Crippen molar-refractivity contribution < 1.29 is 29.6 Å². The summed E-state index contributed by atoms with van der Waals surface area (Å²) in [4.78, 5) is 12.5. The Morgan fingerprint density at radius 2 is 1.63 bits per heavy atom. The first-order valence-corrected chi connectivity index (χ1v) is 15.5. The molecule has 1 heterocycles. The van der Waals surface area contributed by atoms with Gasteiger partial charge in [-0.2, -0.15) is 0 Å². The van der Waals surface area contributed by atoms with Crippen molar-refractivity contribution in [1.29, 1.82) is 0 Å². The molecular formula is C32H52O6. The zero-order chi connectivity index (χ0) is 27.7. The number of hydrogen-bond donors (Lipinski definition) is 3. The Kier molecular flexibility index (Phi) is 6.09. The highest BCUT2D eigenvalue weighted by molar-refractivity contribution is 5.66. The summed E-state index contributed by atoms with van der Waals surface area (Å²) in [5.41, 5.74) is -1.03. The molecule has 0 aromatic rings. The molecule has 6 nitrogen and oxygen atoms in total. The smallest absolute Gasteiger partial charge is 0.303 e. The van der Waals surface area contributed by atoms with Crippen LogP contribution in [0, 0.1) is 63.6 Å². The normalized spacial score (nSPS) is 58.2. The first-order chi connectivity index (χ1) is 17.6. The molecule has 6 fully saturated rings. The molecule has 38 heavy (non-hydrogen) atoms. The zero-order valence-electron chi connectivity index (χ0n) is 24.8. The molecule has 0 radical (unpaired) electrons. The van der Waals surface area contributed by atoms with E-state index in [-0.39, 0.29) is 35.2 Å². The third-order valence-corrected chi connectivity index (χ3v) is 14.2. The van der Waals surface area contributed by atoms with Gasteiger partial charge in [0, 0.05) is 30.1 Å². The van der Waals surface area contributed by atoms with Crippen molar-refractivity contribution in [3.05, 3.63) is 0 Å². The Labute approximate surface area is 229 Å². The summed E-state index contributed by atoms with van der Waals surface area (Å²) in [5, 5.41) is 34.6. The SMILES string of the molecule is CC(=O)O[C@@H]1[C@@H](O)[C@H]2[C@@H]([C@H](O)[C@@H]3O[C@@]34C[C@@H](O)CC[C@]24C)[C@@H]2CC[C@H]([C@H](C)[C@H]3C[C@]3(C)[C@H](C)C(C)C)[C@@]12C. The molecule has 5 saturated carbocycles. The topological polar surface area (TPSA) is 99.5 Å². The van der Waals surface area contributed by atoms with Gasteiger partial charge in [0.05, 0.1) is 18.3 Å². The molecule has 1 spiro atoms. The fraction of sp³-hybridized carbons (Fsp3) is 0.969. The van der Waals surface area contributed by atoms with E-state index in [2.05, 4.69) is 48.5 Å². The van der Waals surface area contributed by atoms with Gasteiger partial charge in [-0.15, -0.1) is 0 Å². The maximum Gasteiger partial charge on any atom is 0.303 e. The molecule has 1 aliphatic heterocycles. The van der Waals surface area contributed by atoms with E-state index in [0.29, 0.717) is 47.8 Å². The Hall–Kier alpha value is -0.690. The molecule has 3 N–H and O–H groups in total. The maximum atomic E-state index is 12.5. The van der Waals surface area contributed by atoms with Crippen LogP contribution in [-0.4, -0.2) is 57.4 Å². The van der Waals surface area contributed by atoms with Gasteiger partial charge in [0.2, 0.25) is 0 Å². The van der Waals surface area contributed by atoms with Crippen LogP contribution < -0.4 is 0 Å². The van der Waals surface area contributed by atoms with Gasteiger partial charge in [0.15, 0.2) is 0 Å². The molecular weight excluding hydrogens is 480 g/mol. The number of carbonyl (C=O) groups excluding carboxylic acids is 1. The van der Waals surface area contributed by atoms with Crippen molar-refractivity contribution in [2.45, 2.75) is 130 Å². The Balaban J connectivity index is 1.38. The van der Waals surface area contributed by atoms with E-state index in [9.17, 15) is 20.1 Å². The number of esters is 1. The highest BCUT2D eigenvalue weighted by Crippen LogP contribution is 2.75. The largest absolute Gasteiger partial charge is 0.459 e. The molecule has 6 aliphatic rings. The molecule has 0 amide bonds. The minimum Gasteiger partial charge on any atom is -0.459 e. The maximum absolute atomic E-state index is 12.5. The fourth-order valence-corrected chi connectivity index (χ4v) is 11.7. The lowest BCUT2D eigenvalue weighted by Crippen LogP contribution is -2.71. The summed E-state index contributed by atoms with van der Waals surface area (Å²) < 4.78 is 12.5. The lowest BCUT2D eigenvalue weighted by molar-refractivity contribution is -0.250. The average molecular weight is 533 g/mol. The molecule has 5 aliphatic carbocycles. The van der Waals surface area contributed by atoms with E-state index in [4.69, 9.17) is 9.47 Å². The van der Waals surface area contributed by atoms with Crippen LogP contribution in [-0.2, 0) is 14.3 Å². The quantitative estimate of drug-likeness (QED) is 0.354. The van der Waals surface area contributed by atoms with Gasteiger partial charge in [0.1, 0.15) is 17.8 Å². The monoisotopic (exact) mass is 532 g/mol. The number of rotatable bonds is 5. The minimum absolute atomic E-state index is 0.0972. The number of aliphatic hydroxyl groups excluding tert-OH is 3. The second-order valence-corrected chi connectivity index (χ2v) is 15.7. The summed E-state index contributed by atoms with van der Waals surface area (Å²) in [5.74, 6) is 2.17. The van der Waals surface area contributed by atoms with Gasteiger partial charge in [-0.25, -0.2) is 0 Å². The van der Waals surface area contributed by atoms with Gasteiger partial charge in [-0.05, 0) is 78.9 Å². The van der Waals surface area contributed by atoms with Crippen LogP contribution in [0.3, 0.4) is 0 Å². The third-order valence-electron chi connectivity index (χ3n) is 14.2. The fourth-order valence-electron chi connectivity index (χ4n) is 11.7. The lowest BCUT2D eigenvalue weighted by atomic mass is 9.42. The van der Waals surface area contributed by atoms with Crippen molar-refractivity contribution >= 4 is 5.97 Å².